The van der Waals surface area contributed by atoms with E-state index < -0.39 is 12.0 Å². The number of carboxylic acids is 1. The fourth-order valence-electron chi connectivity index (χ4n) is 1.41. The maximum atomic E-state index is 10.9. The summed E-state index contributed by atoms with van der Waals surface area (Å²) in [4.78, 5) is 21.8. The first-order valence-electron chi connectivity index (χ1n) is 5.84. The second-order valence-electron chi connectivity index (χ2n) is 4.03. The predicted molar refractivity (Wildman–Crippen MR) is 80.1 cm³/mol. The van der Waals surface area contributed by atoms with E-state index in [0.29, 0.717) is 5.75 Å². The molecule has 1 amide bonds. The Morgan fingerprint density at radius 2 is 1.95 bits per heavy atom. The highest BCUT2D eigenvalue weighted by Crippen LogP contribution is 2.37. The molecule has 1 unspecified atom stereocenters. The van der Waals surface area contributed by atoms with E-state index in [1.807, 2.05) is 30.3 Å². The molecule has 0 spiro atoms. The van der Waals surface area contributed by atoms with Crippen LogP contribution in [0.1, 0.15) is 24.7 Å². The lowest BCUT2D eigenvalue weighted by Gasteiger charge is -2.14. The normalized spacial score (nSPS) is 13.6. The van der Waals surface area contributed by atoms with Crippen molar-refractivity contribution in [3.8, 4) is 0 Å². The van der Waals surface area contributed by atoms with Gasteiger partial charge in [-0.05, 0) is 12.5 Å². The minimum Gasteiger partial charge on any atom is -0.480 e. The van der Waals surface area contributed by atoms with Crippen molar-refractivity contribution in [3.05, 3.63) is 35.9 Å². The summed E-state index contributed by atoms with van der Waals surface area (Å²) in [5, 5.41) is 11.7. The lowest BCUT2D eigenvalue weighted by molar-refractivity contribution is -0.140. The Kier molecular flexibility index (Phi) is 6.80. The number of carbonyl (C=O) groups excluding carboxylic acids is 1. The largest absolute Gasteiger partial charge is 0.480 e. The Bertz CT molecular complexity index is 425. The molecule has 0 bridgehead atoms. The van der Waals surface area contributed by atoms with Gasteiger partial charge in [0.05, 0.1) is 0 Å². The molecule has 6 heteroatoms. The number of rotatable bonds is 7. The third kappa shape index (κ3) is 6.02. The summed E-state index contributed by atoms with van der Waals surface area (Å²) >= 11 is 0. The molecular weight excluding hydrogens is 282 g/mol. The van der Waals surface area contributed by atoms with Gasteiger partial charge in [-0.3, -0.25) is 4.79 Å². The van der Waals surface area contributed by atoms with Gasteiger partial charge in [0.25, 0.3) is 0 Å². The first-order valence-corrected chi connectivity index (χ1v) is 8.22. The van der Waals surface area contributed by atoms with E-state index in [1.165, 1.54) is 23.3 Å². The molecule has 0 aliphatic rings. The molecule has 2 atom stereocenters. The standard InChI is InChI=1S/C13H17NO3S2/c1-9(11-6-4-3-5-7-11)19-18-8-12(13(16)17)14-10(2)15/h3-7,9,12H,8H2,1-2H3,(H,14,15)(H,16,17)/t9?,12-/m0/s1. The number of carbonyl (C=O) groups is 2. The zero-order chi connectivity index (χ0) is 14.3. The highest BCUT2D eigenvalue weighted by Gasteiger charge is 2.19. The number of hydrogen-bond acceptors (Lipinski definition) is 4. The molecule has 1 aromatic carbocycles. The number of amides is 1. The van der Waals surface area contributed by atoms with Crippen LogP contribution in [-0.4, -0.2) is 28.8 Å². The predicted octanol–water partition coefficient (Wildman–Crippen LogP) is 2.72. The van der Waals surface area contributed by atoms with Crippen LogP contribution in [0.4, 0.5) is 0 Å². The second-order valence-corrected chi connectivity index (χ2v) is 6.78. The van der Waals surface area contributed by atoms with Gasteiger partial charge in [-0.1, -0.05) is 51.9 Å². The van der Waals surface area contributed by atoms with Crippen molar-refractivity contribution in [2.75, 3.05) is 5.75 Å². The quantitative estimate of drug-likeness (QED) is 0.758. The number of aliphatic carboxylic acids is 1. The van der Waals surface area contributed by atoms with Crippen LogP contribution >= 0.6 is 21.6 Å². The van der Waals surface area contributed by atoms with Crippen molar-refractivity contribution in [1.82, 2.24) is 5.32 Å². The molecule has 4 nitrogen and oxygen atoms in total. The molecule has 0 aliphatic carbocycles. The van der Waals surface area contributed by atoms with Crippen LogP contribution in [0.3, 0.4) is 0 Å². The lowest BCUT2D eigenvalue weighted by atomic mass is 10.2. The summed E-state index contributed by atoms with van der Waals surface area (Å²) in [5.41, 5.74) is 1.20. The van der Waals surface area contributed by atoms with E-state index in [4.69, 9.17) is 5.11 Å². The molecule has 0 saturated heterocycles. The molecule has 0 saturated carbocycles. The molecule has 19 heavy (non-hydrogen) atoms. The number of benzene rings is 1. The highest BCUT2D eigenvalue weighted by atomic mass is 33.1. The molecule has 0 radical (unpaired) electrons. The Morgan fingerprint density at radius 1 is 1.32 bits per heavy atom. The van der Waals surface area contributed by atoms with Crippen molar-refractivity contribution < 1.29 is 14.7 Å². The van der Waals surface area contributed by atoms with Crippen molar-refractivity contribution in [2.24, 2.45) is 0 Å². The topological polar surface area (TPSA) is 66.4 Å². The molecule has 104 valence electrons. The van der Waals surface area contributed by atoms with Gasteiger partial charge in [-0.15, -0.1) is 0 Å². The van der Waals surface area contributed by atoms with Gasteiger partial charge in [0.1, 0.15) is 6.04 Å². The zero-order valence-corrected chi connectivity index (χ0v) is 12.5. The van der Waals surface area contributed by atoms with Crippen LogP contribution in [-0.2, 0) is 9.59 Å². The Labute approximate surface area is 120 Å². The molecule has 0 heterocycles. The van der Waals surface area contributed by atoms with Gasteiger partial charge in [0.2, 0.25) is 5.91 Å². The maximum Gasteiger partial charge on any atom is 0.327 e. The average Bonchev–Trinajstić information content (AvgIpc) is 2.37. The van der Waals surface area contributed by atoms with Crippen molar-refractivity contribution in [2.45, 2.75) is 25.1 Å². The zero-order valence-electron chi connectivity index (χ0n) is 10.8. The van der Waals surface area contributed by atoms with Crippen LogP contribution in [0.25, 0.3) is 0 Å². The van der Waals surface area contributed by atoms with Crippen molar-refractivity contribution in [3.63, 3.8) is 0 Å². The molecule has 1 aromatic rings. The van der Waals surface area contributed by atoms with E-state index in [-0.39, 0.29) is 11.2 Å². The minimum absolute atomic E-state index is 0.276. The Morgan fingerprint density at radius 3 is 2.47 bits per heavy atom. The summed E-state index contributed by atoms with van der Waals surface area (Å²) in [7, 11) is 3.06. The van der Waals surface area contributed by atoms with Gasteiger partial charge in [0, 0.05) is 17.9 Å². The van der Waals surface area contributed by atoms with E-state index in [0.717, 1.165) is 0 Å². The van der Waals surface area contributed by atoms with Crippen molar-refractivity contribution in [1.29, 1.82) is 0 Å². The monoisotopic (exact) mass is 299 g/mol. The summed E-state index contributed by atoms with van der Waals surface area (Å²) < 4.78 is 0. The molecule has 0 aromatic heterocycles. The fraction of sp³-hybridized carbons (Fsp3) is 0.385. The van der Waals surface area contributed by atoms with Gasteiger partial charge in [-0.25, -0.2) is 4.79 Å². The molecule has 1 rings (SSSR count). The number of hydrogen-bond donors (Lipinski definition) is 2. The minimum atomic E-state index is -1.00. The van der Waals surface area contributed by atoms with E-state index in [1.54, 1.807) is 10.8 Å². The first-order chi connectivity index (χ1) is 9.00. The summed E-state index contributed by atoms with van der Waals surface area (Å²) in [6.07, 6.45) is 0. The van der Waals surface area contributed by atoms with Gasteiger partial charge >= 0.3 is 5.97 Å². The van der Waals surface area contributed by atoms with Crippen LogP contribution in [0.15, 0.2) is 30.3 Å². The highest BCUT2D eigenvalue weighted by molar-refractivity contribution is 8.76. The average molecular weight is 299 g/mol. The molecule has 0 fully saturated rings. The third-order valence-electron chi connectivity index (χ3n) is 2.39. The summed E-state index contributed by atoms with van der Waals surface area (Å²) in [6.45, 7) is 3.39. The SMILES string of the molecule is CC(=O)N[C@@H](CSSC(C)c1ccccc1)C(=O)O. The van der Waals surface area contributed by atoms with Gasteiger partial charge < -0.3 is 10.4 Å². The Balaban J connectivity index is 2.40. The number of carboxylic acid groups (broad SMARTS) is 1. The molecule has 0 aliphatic heterocycles. The van der Waals surface area contributed by atoms with Crippen LogP contribution in [0, 0.1) is 0 Å². The second kappa shape index (κ2) is 8.12. The fourth-order valence-corrected chi connectivity index (χ4v) is 3.91. The van der Waals surface area contributed by atoms with Crippen molar-refractivity contribution >= 4 is 33.5 Å². The van der Waals surface area contributed by atoms with E-state index in [9.17, 15) is 9.59 Å². The number of nitrogens with one attached hydrogen (secondary N) is 1. The van der Waals surface area contributed by atoms with Crippen LogP contribution in [0.2, 0.25) is 0 Å². The lowest BCUT2D eigenvalue weighted by Crippen LogP contribution is -2.41. The van der Waals surface area contributed by atoms with Gasteiger partial charge in [0.15, 0.2) is 0 Å². The molecule has 2 N–H and O–H groups in total. The van der Waals surface area contributed by atoms with Crippen LogP contribution < -0.4 is 5.32 Å². The maximum absolute atomic E-state index is 10.9. The van der Waals surface area contributed by atoms with E-state index >= 15 is 0 Å². The smallest absolute Gasteiger partial charge is 0.327 e. The van der Waals surface area contributed by atoms with E-state index in [2.05, 4.69) is 12.2 Å². The molecular formula is C13H17NO3S2. The first kappa shape index (κ1) is 15.9. The third-order valence-corrected chi connectivity index (χ3v) is 5.24. The summed E-state index contributed by atoms with van der Waals surface area (Å²) in [6, 6.07) is 9.17. The summed E-state index contributed by atoms with van der Waals surface area (Å²) in [5.74, 6) is -0.985. The van der Waals surface area contributed by atoms with Gasteiger partial charge in [-0.2, -0.15) is 0 Å². The Hall–Kier alpha value is -1.14. The van der Waals surface area contributed by atoms with Crippen LogP contribution in [0.5, 0.6) is 0 Å².